The molecule has 2 heterocycles. The van der Waals surface area contributed by atoms with Crippen molar-refractivity contribution in [1.29, 1.82) is 0 Å². The number of amides is 1. The number of aryl methyl sites for hydroxylation is 1. The highest BCUT2D eigenvalue weighted by Crippen LogP contribution is 2.32. The number of nitrogens with zero attached hydrogens (tertiary/aromatic N) is 2. The van der Waals surface area contributed by atoms with E-state index in [0.29, 0.717) is 29.4 Å². The first-order chi connectivity index (χ1) is 15.0. The summed E-state index contributed by atoms with van der Waals surface area (Å²) in [5, 5.41) is 0. The van der Waals surface area contributed by atoms with E-state index in [4.69, 9.17) is 9.47 Å². The molecular formula is C25H26N2O4. The van der Waals surface area contributed by atoms with Crippen molar-refractivity contribution in [3.8, 4) is 11.5 Å². The van der Waals surface area contributed by atoms with Crippen LogP contribution in [0.4, 0.5) is 0 Å². The Kier molecular flexibility index (Phi) is 6.16. The molecule has 0 aromatic heterocycles. The summed E-state index contributed by atoms with van der Waals surface area (Å²) in [7, 11) is 0. The van der Waals surface area contributed by atoms with Crippen LogP contribution in [-0.4, -0.2) is 35.8 Å². The molecule has 4 rings (SSSR count). The molecule has 0 spiro atoms. The molecule has 1 saturated heterocycles. The van der Waals surface area contributed by atoms with Crippen molar-refractivity contribution in [2.24, 2.45) is 4.99 Å². The predicted octanol–water partition coefficient (Wildman–Crippen LogP) is 4.77. The number of amidine groups is 1. The maximum Gasteiger partial charge on any atom is 0.343 e. The van der Waals surface area contributed by atoms with Gasteiger partial charge in [0.15, 0.2) is 11.5 Å². The largest absolute Gasteiger partial charge is 0.490 e. The van der Waals surface area contributed by atoms with Crippen molar-refractivity contribution < 1.29 is 19.1 Å². The van der Waals surface area contributed by atoms with Crippen molar-refractivity contribution in [2.75, 3.05) is 13.2 Å². The van der Waals surface area contributed by atoms with Gasteiger partial charge in [-0.3, -0.25) is 4.79 Å². The molecule has 0 atom stereocenters. The van der Waals surface area contributed by atoms with E-state index in [-0.39, 0.29) is 5.91 Å². The van der Waals surface area contributed by atoms with Gasteiger partial charge in [0.25, 0.3) is 5.91 Å². The number of benzene rings is 2. The van der Waals surface area contributed by atoms with Gasteiger partial charge in [-0.1, -0.05) is 30.2 Å². The summed E-state index contributed by atoms with van der Waals surface area (Å²) < 4.78 is 11.3. The fourth-order valence-corrected chi connectivity index (χ4v) is 3.77. The number of hydrogen-bond acceptors (Lipinski definition) is 5. The number of carbonyl (C=O) groups excluding carboxylic acids is 2. The number of carbonyl (C=O) groups is 2. The Balaban J connectivity index is 1.58. The molecule has 160 valence electrons. The van der Waals surface area contributed by atoms with Crippen LogP contribution in [0.5, 0.6) is 11.5 Å². The monoisotopic (exact) mass is 418 g/mol. The molecule has 6 nitrogen and oxygen atoms in total. The lowest BCUT2D eigenvalue weighted by Gasteiger charge is -2.18. The minimum atomic E-state index is -0.444. The Morgan fingerprint density at radius 2 is 1.90 bits per heavy atom. The first-order valence-electron chi connectivity index (χ1n) is 10.7. The second-order valence-electron chi connectivity index (χ2n) is 7.72. The molecule has 0 radical (unpaired) electrons. The van der Waals surface area contributed by atoms with Gasteiger partial charge in [-0.05, 0) is 62.6 Å². The SMILES string of the molecule is CCOc1cc(C=C2C(=O)N=C3CCCCCN23)ccc1OC(=O)c1ccc(C)cc1. The summed E-state index contributed by atoms with van der Waals surface area (Å²) in [4.78, 5) is 31.3. The van der Waals surface area contributed by atoms with E-state index in [1.807, 2.05) is 43.0 Å². The van der Waals surface area contributed by atoms with Gasteiger partial charge < -0.3 is 14.4 Å². The third-order valence-electron chi connectivity index (χ3n) is 5.40. The Hall–Kier alpha value is -3.41. The normalized spacial score (nSPS) is 17.2. The molecule has 2 aliphatic heterocycles. The molecule has 0 N–H and O–H groups in total. The third kappa shape index (κ3) is 4.68. The molecule has 1 amide bonds. The number of ether oxygens (including phenoxy) is 2. The van der Waals surface area contributed by atoms with Crippen LogP contribution in [0.25, 0.3) is 6.08 Å². The van der Waals surface area contributed by atoms with Gasteiger partial charge in [0.05, 0.1) is 12.2 Å². The zero-order chi connectivity index (χ0) is 21.8. The van der Waals surface area contributed by atoms with Crippen LogP contribution < -0.4 is 9.47 Å². The van der Waals surface area contributed by atoms with E-state index in [1.54, 1.807) is 24.3 Å². The summed E-state index contributed by atoms with van der Waals surface area (Å²) in [6.45, 7) is 5.06. The summed E-state index contributed by atoms with van der Waals surface area (Å²) in [5.74, 6) is 1.02. The van der Waals surface area contributed by atoms with Crippen LogP contribution >= 0.6 is 0 Å². The highest BCUT2D eigenvalue weighted by molar-refractivity contribution is 6.13. The Morgan fingerprint density at radius 1 is 1.10 bits per heavy atom. The quantitative estimate of drug-likeness (QED) is 0.398. The van der Waals surface area contributed by atoms with Gasteiger partial charge in [-0.2, -0.15) is 4.99 Å². The van der Waals surface area contributed by atoms with Gasteiger partial charge in [-0.15, -0.1) is 0 Å². The number of rotatable bonds is 5. The van der Waals surface area contributed by atoms with E-state index in [9.17, 15) is 9.59 Å². The third-order valence-corrected chi connectivity index (χ3v) is 5.40. The first-order valence-corrected chi connectivity index (χ1v) is 10.7. The molecule has 6 heteroatoms. The second-order valence-corrected chi connectivity index (χ2v) is 7.72. The van der Waals surface area contributed by atoms with Crippen molar-refractivity contribution >= 4 is 23.8 Å². The second kappa shape index (κ2) is 9.16. The van der Waals surface area contributed by atoms with E-state index in [0.717, 1.165) is 49.2 Å². The first kappa shape index (κ1) is 20.8. The Bertz CT molecular complexity index is 1050. The molecule has 1 fully saturated rings. The average molecular weight is 418 g/mol. The molecular weight excluding hydrogens is 392 g/mol. The minimum Gasteiger partial charge on any atom is -0.490 e. The lowest BCUT2D eigenvalue weighted by atomic mass is 10.1. The number of aliphatic imine (C=N–C) groups is 1. The van der Waals surface area contributed by atoms with Gasteiger partial charge in [0, 0.05) is 13.0 Å². The van der Waals surface area contributed by atoms with Gasteiger partial charge in [0.2, 0.25) is 0 Å². The smallest absolute Gasteiger partial charge is 0.343 e. The van der Waals surface area contributed by atoms with Crippen molar-refractivity contribution in [3.63, 3.8) is 0 Å². The lowest BCUT2D eigenvalue weighted by Crippen LogP contribution is -2.26. The molecule has 31 heavy (non-hydrogen) atoms. The standard InChI is InChI=1S/C25H26N2O4/c1-3-30-22-16-18(15-20-24(28)26-23-7-5-4-6-14-27(20)23)10-13-21(22)31-25(29)19-11-8-17(2)9-12-19/h8-13,15-16H,3-7,14H2,1-2H3. The number of fused-ring (bicyclic) bond motifs is 1. The fourth-order valence-electron chi connectivity index (χ4n) is 3.77. The zero-order valence-corrected chi connectivity index (χ0v) is 17.9. The van der Waals surface area contributed by atoms with E-state index in [1.165, 1.54) is 0 Å². The van der Waals surface area contributed by atoms with Crippen LogP contribution in [0.1, 0.15) is 54.1 Å². The summed E-state index contributed by atoms with van der Waals surface area (Å²) in [6.07, 6.45) is 5.92. The maximum absolute atomic E-state index is 12.5. The number of esters is 1. The van der Waals surface area contributed by atoms with Gasteiger partial charge >= 0.3 is 5.97 Å². The zero-order valence-electron chi connectivity index (χ0n) is 17.9. The minimum absolute atomic E-state index is 0.204. The van der Waals surface area contributed by atoms with E-state index in [2.05, 4.69) is 4.99 Å². The van der Waals surface area contributed by atoms with Crippen LogP contribution in [0.3, 0.4) is 0 Å². The van der Waals surface area contributed by atoms with Gasteiger partial charge in [-0.25, -0.2) is 4.79 Å². The van der Waals surface area contributed by atoms with E-state index < -0.39 is 5.97 Å². The summed E-state index contributed by atoms with van der Waals surface area (Å²) in [5.41, 5.74) is 2.93. The highest BCUT2D eigenvalue weighted by Gasteiger charge is 2.30. The Morgan fingerprint density at radius 3 is 2.68 bits per heavy atom. The number of hydrogen-bond donors (Lipinski definition) is 0. The van der Waals surface area contributed by atoms with Crippen molar-refractivity contribution in [1.82, 2.24) is 4.90 Å². The fraction of sp³-hybridized carbons (Fsp3) is 0.320. The van der Waals surface area contributed by atoms with Crippen molar-refractivity contribution in [3.05, 3.63) is 64.9 Å². The summed E-state index contributed by atoms with van der Waals surface area (Å²) in [6, 6.07) is 12.5. The predicted molar refractivity (Wildman–Crippen MR) is 119 cm³/mol. The van der Waals surface area contributed by atoms with Crippen LogP contribution in [0.2, 0.25) is 0 Å². The topological polar surface area (TPSA) is 68.2 Å². The van der Waals surface area contributed by atoms with E-state index >= 15 is 0 Å². The molecule has 2 aliphatic rings. The maximum atomic E-state index is 12.5. The summed E-state index contributed by atoms with van der Waals surface area (Å²) >= 11 is 0. The van der Waals surface area contributed by atoms with Crippen LogP contribution in [0, 0.1) is 6.92 Å². The molecule has 0 unspecified atom stereocenters. The lowest BCUT2D eigenvalue weighted by molar-refractivity contribution is -0.114. The molecule has 0 bridgehead atoms. The Labute approximate surface area is 182 Å². The van der Waals surface area contributed by atoms with Gasteiger partial charge in [0.1, 0.15) is 11.5 Å². The van der Waals surface area contributed by atoms with Crippen LogP contribution in [-0.2, 0) is 4.79 Å². The van der Waals surface area contributed by atoms with Crippen molar-refractivity contribution in [2.45, 2.75) is 39.5 Å². The molecule has 2 aromatic rings. The highest BCUT2D eigenvalue weighted by atomic mass is 16.6. The molecule has 2 aromatic carbocycles. The molecule has 0 aliphatic carbocycles. The molecule has 0 saturated carbocycles. The van der Waals surface area contributed by atoms with Crippen LogP contribution in [0.15, 0.2) is 53.2 Å². The average Bonchev–Trinajstić information content (AvgIpc) is 2.91.